The first-order valence-corrected chi connectivity index (χ1v) is 7.25. The highest BCUT2D eigenvalue weighted by atomic mass is 28.4. The van der Waals surface area contributed by atoms with Crippen LogP contribution >= 0.6 is 0 Å². The Hall–Kier alpha value is -0.163. The van der Waals surface area contributed by atoms with Gasteiger partial charge in [0, 0.05) is 19.8 Å². The Morgan fingerprint density at radius 1 is 1.07 bits per heavy atom. The standard InChI is InChI=1S/C11H24O3Si/c1-7-12-15(9-3,13-8-2)14-10-11(4,5)6/h9H,3,7-8,10H2,1-2,4-6H3. The maximum Gasteiger partial charge on any atom is 0.529 e. The van der Waals surface area contributed by atoms with Gasteiger partial charge in [0.15, 0.2) is 0 Å². The molecule has 0 radical (unpaired) electrons. The van der Waals surface area contributed by atoms with E-state index in [4.69, 9.17) is 13.3 Å². The van der Waals surface area contributed by atoms with Crippen LogP contribution in [0.5, 0.6) is 0 Å². The molecule has 0 amide bonds. The Morgan fingerprint density at radius 2 is 1.53 bits per heavy atom. The normalized spacial score (nSPS) is 12.9. The summed E-state index contributed by atoms with van der Waals surface area (Å²) >= 11 is 0. The SMILES string of the molecule is C=C[Si](OCC)(OCC)OCC(C)(C)C. The molecule has 0 unspecified atom stereocenters. The summed E-state index contributed by atoms with van der Waals surface area (Å²) in [5, 5.41) is 0. The van der Waals surface area contributed by atoms with Gasteiger partial charge in [-0.3, -0.25) is 0 Å². The molecule has 0 aromatic heterocycles. The number of hydrogen-bond acceptors (Lipinski definition) is 3. The Morgan fingerprint density at radius 3 is 1.80 bits per heavy atom. The van der Waals surface area contributed by atoms with E-state index in [9.17, 15) is 0 Å². The average Bonchev–Trinajstić information content (AvgIpc) is 2.14. The fraction of sp³-hybridized carbons (Fsp3) is 0.818. The van der Waals surface area contributed by atoms with Crippen LogP contribution in [0.15, 0.2) is 12.3 Å². The first kappa shape index (κ1) is 14.8. The van der Waals surface area contributed by atoms with Crippen molar-refractivity contribution in [1.82, 2.24) is 0 Å². The summed E-state index contributed by atoms with van der Waals surface area (Å²) in [6.45, 7) is 15.8. The van der Waals surface area contributed by atoms with Crippen LogP contribution < -0.4 is 0 Å². The van der Waals surface area contributed by atoms with Crippen molar-refractivity contribution in [3.63, 3.8) is 0 Å². The lowest BCUT2D eigenvalue weighted by atomic mass is 9.99. The van der Waals surface area contributed by atoms with Crippen molar-refractivity contribution < 1.29 is 13.3 Å². The van der Waals surface area contributed by atoms with Gasteiger partial charge in [0.2, 0.25) is 0 Å². The predicted octanol–water partition coefficient (Wildman–Crippen LogP) is 2.79. The molecule has 0 fully saturated rings. The summed E-state index contributed by atoms with van der Waals surface area (Å²) in [5.41, 5.74) is 1.81. The van der Waals surface area contributed by atoms with Crippen molar-refractivity contribution in [3.05, 3.63) is 12.3 Å². The molecule has 0 aliphatic carbocycles. The fourth-order valence-corrected chi connectivity index (χ4v) is 3.06. The van der Waals surface area contributed by atoms with Crippen molar-refractivity contribution in [2.45, 2.75) is 34.6 Å². The molecule has 0 bridgehead atoms. The van der Waals surface area contributed by atoms with E-state index in [0.717, 1.165) is 0 Å². The van der Waals surface area contributed by atoms with Gasteiger partial charge in [-0.05, 0) is 25.0 Å². The second-order valence-corrected chi connectivity index (χ2v) is 7.00. The van der Waals surface area contributed by atoms with Crippen LogP contribution in [0.2, 0.25) is 0 Å². The monoisotopic (exact) mass is 232 g/mol. The first-order chi connectivity index (χ1) is 6.89. The van der Waals surface area contributed by atoms with Crippen LogP contribution in [0.4, 0.5) is 0 Å². The van der Waals surface area contributed by atoms with Gasteiger partial charge >= 0.3 is 8.80 Å². The maximum absolute atomic E-state index is 5.80. The van der Waals surface area contributed by atoms with E-state index in [-0.39, 0.29) is 5.41 Å². The Bertz CT molecular complexity index is 181. The topological polar surface area (TPSA) is 27.7 Å². The largest absolute Gasteiger partial charge is 0.529 e. The van der Waals surface area contributed by atoms with E-state index >= 15 is 0 Å². The molecule has 15 heavy (non-hydrogen) atoms. The second kappa shape index (κ2) is 6.43. The molecular weight excluding hydrogens is 208 g/mol. The molecule has 0 saturated heterocycles. The van der Waals surface area contributed by atoms with Crippen LogP contribution in [-0.2, 0) is 13.3 Å². The minimum Gasteiger partial charge on any atom is -0.371 e. The van der Waals surface area contributed by atoms with Crippen LogP contribution in [0.3, 0.4) is 0 Å². The van der Waals surface area contributed by atoms with E-state index < -0.39 is 8.80 Å². The number of hydrogen-bond donors (Lipinski definition) is 0. The molecule has 0 aromatic rings. The molecule has 0 aliphatic heterocycles. The summed E-state index contributed by atoms with van der Waals surface area (Å²) in [6, 6.07) is 0. The van der Waals surface area contributed by atoms with Gasteiger partial charge in [0.05, 0.1) is 0 Å². The van der Waals surface area contributed by atoms with E-state index in [0.29, 0.717) is 19.8 Å². The molecule has 90 valence electrons. The van der Waals surface area contributed by atoms with Crippen LogP contribution in [0, 0.1) is 5.41 Å². The zero-order valence-corrected chi connectivity index (χ0v) is 11.6. The van der Waals surface area contributed by atoms with E-state index in [1.807, 2.05) is 13.8 Å². The van der Waals surface area contributed by atoms with Gasteiger partial charge in [-0.2, -0.15) is 0 Å². The molecule has 0 N–H and O–H groups in total. The lowest BCUT2D eigenvalue weighted by molar-refractivity contribution is 0.0534. The highest BCUT2D eigenvalue weighted by Gasteiger charge is 2.38. The molecule has 3 nitrogen and oxygen atoms in total. The summed E-state index contributed by atoms with van der Waals surface area (Å²) in [6.07, 6.45) is 0. The van der Waals surface area contributed by atoms with Gasteiger partial charge in [0.25, 0.3) is 0 Å². The average molecular weight is 232 g/mol. The molecule has 0 rings (SSSR count). The van der Waals surface area contributed by atoms with Crippen LogP contribution in [0.1, 0.15) is 34.6 Å². The molecule has 0 aromatic carbocycles. The molecule has 0 saturated carbocycles. The summed E-state index contributed by atoms with van der Waals surface area (Å²) in [7, 11) is -2.62. The lowest BCUT2D eigenvalue weighted by Gasteiger charge is -2.29. The van der Waals surface area contributed by atoms with E-state index in [2.05, 4.69) is 27.4 Å². The summed E-state index contributed by atoms with van der Waals surface area (Å²) in [5.74, 6) is 0. The van der Waals surface area contributed by atoms with Crippen molar-refractivity contribution in [2.24, 2.45) is 5.41 Å². The summed E-state index contributed by atoms with van der Waals surface area (Å²) < 4.78 is 17.0. The molecule has 0 spiro atoms. The lowest BCUT2D eigenvalue weighted by Crippen LogP contribution is -2.46. The Labute approximate surface area is 94.8 Å². The third kappa shape index (κ3) is 6.09. The minimum atomic E-state index is -2.62. The van der Waals surface area contributed by atoms with Gasteiger partial charge < -0.3 is 13.3 Å². The zero-order valence-electron chi connectivity index (χ0n) is 10.6. The third-order valence-corrected chi connectivity index (χ3v) is 4.08. The molecule has 0 heterocycles. The first-order valence-electron chi connectivity index (χ1n) is 5.44. The molecule has 0 atom stereocenters. The smallest absolute Gasteiger partial charge is 0.371 e. The van der Waals surface area contributed by atoms with Crippen LogP contribution in [-0.4, -0.2) is 28.6 Å². The molecular formula is C11H24O3Si. The third-order valence-electron chi connectivity index (χ3n) is 1.65. The van der Waals surface area contributed by atoms with Gasteiger partial charge in [-0.15, -0.1) is 0 Å². The molecule has 0 aliphatic rings. The maximum atomic E-state index is 5.80. The van der Waals surface area contributed by atoms with Crippen LogP contribution in [0.25, 0.3) is 0 Å². The zero-order chi connectivity index (χ0) is 11.9. The quantitative estimate of drug-likeness (QED) is 0.632. The Kier molecular flexibility index (Phi) is 6.36. The van der Waals surface area contributed by atoms with E-state index in [1.54, 1.807) is 5.70 Å². The Balaban J connectivity index is 4.40. The van der Waals surface area contributed by atoms with Gasteiger partial charge in [0.1, 0.15) is 0 Å². The van der Waals surface area contributed by atoms with Gasteiger partial charge in [-0.1, -0.05) is 27.4 Å². The van der Waals surface area contributed by atoms with E-state index in [1.165, 1.54) is 0 Å². The van der Waals surface area contributed by atoms with Crippen molar-refractivity contribution >= 4 is 8.80 Å². The second-order valence-electron chi connectivity index (χ2n) is 4.52. The van der Waals surface area contributed by atoms with Gasteiger partial charge in [-0.25, -0.2) is 0 Å². The minimum absolute atomic E-state index is 0.107. The highest BCUT2D eigenvalue weighted by molar-refractivity contribution is 6.66. The van der Waals surface area contributed by atoms with Crippen molar-refractivity contribution in [3.8, 4) is 0 Å². The predicted molar refractivity (Wildman–Crippen MR) is 64.6 cm³/mol. The van der Waals surface area contributed by atoms with Crippen molar-refractivity contribution in [2.75, 3.05) is 19.8 Å². The fourth-order valence-electron chi connectivity index (χ4n) is 1.02. The highest BCUT2D eigenvalue weighted by Crippen LogP contribution is 2.19. The van der Waals surface area contributed by atoms with Crippen molar-refractivity contribution in [1.29, 1.82) is 0 Å². The number of rotatable bonds is 7. The summed E-state index contributed by atoms with van der Waals surface area (Å²) in [4.78, 5) is 0. The molecule has 4 heteroatoms.